The smallest absolute Gasteiger partial charge is 0.393 e. The summed E-state index contributed by atoms with van der Waals surface area (Å²) in [5, 5.41) is 24.1. The molecular formula is C50H95N2O7P. The number of aliphatic hydroxyl groups is 2. The summed E-state index contributed by atoms with van der Waals surface area (Å²) in [6, 6.07) is -1.01. The number of phosphoric ester groups is 1. The number of unbranched alkanes of at least 4 members (excludes halogenated alkanes) is 26. The van der Waals surface area contributed by atoms with Crippen LogP contribution in [0.1, 0.15) is 226 Å². The molecule has 352 valence electrons. The molecule has 0 aromatic heterocycles. The molecule has 0 aromatic carbocycles. The summed E-state index contributed by atoms with van der Waals surface area (Å²) in [6.45, 7) is 3.95. The van der Waals surface area contributed by atoms with Crippen LogP contribution >= 0.6 is 7.82 Å². The number of phosphoric acid groups is 1. The maximum absolute atomic E-state index is 12.9. The second-order valence-corrected chi connectivity index (χ2v) is 18.3. The maximum atomic E-state index is 12.9. The van der Waals surface area contributed by atoms with Crippen LogP contribution in [0.15, 0.2) is 48.6 Å². The van der Waals surface area contributed by atoms with E-state index >= 15 is 0 Å². The van der Waals surface area contributed by atoms with Gasteiger partial charge in [-0.3, -0.25) is 13.8 Å². The number of nitrogens with one attached hydrogen (secondary N) is 1. The van der Waals surface area contributed by atoms with Gasteiger partial charge in [-0.2, -0.15) is 0 Å². The van der Waals surface area contributed by atoms with Crippen LogP contribution in [0, 0.1) is 0 Å². The van der Waals surface area contributed by atoms with E-state index in [1.807, 2.05) is 6.08 Å². The highest BCUT2D eigenvalue weighted by molar-refractivity contribution is 7.47. The molecule has 0 rings (SSSR count). The number of hydrogen-bond acceptors (Lipinski definition) is 7. The van der Waals surface area contributed by atoms with E-state index in [1.54, 1.807) is 6.08 Å². The first-order valence-corrected chi connectivity index (χ1v) is 26.3. The van der Waals surface area contributed by atoms with Crippen LogP contribution in [0.4, 0.5) is 0 Å². The monoisotopic (exact) mass is 867 g/mol. The van der Waals surface area contributed by atoms with Gasteiger partial charge in [0, 0.05) is 6.54 Å². The van der Waals surface area contributed by atoms with Gasteiger partial charge in [0.25, 0.3) is 0 Å². The minimum absolute atomic E-state index is 0.0404. The van der Waals surface area contributed by atoms with Gasteiger partial charge in [0.05, 0.1) is 37.9 Å². The van der Waals surface area contributed by atoms with Gasteiger partial charge in [0.15, 0.2) is 0 Å². The molecule has 0 aliphatic carbocycles. The number of allylic oxidation sites excluding steroid dienone is 7. The number of aliphatic hydroxyl groups excluding tert-OH is 2. The van der Waals surface area contributed by atoms with Crippen molar-refractivity contribution in [2.24, 2.45) is 5.73 Å². The zero-order valence-corrected chi connectivity index (χ0v) is 39.7. The summed E-state index contributed by atoms with van der Waals surface area (Å²) in [4.78, 5) is 22.8. The standard InChI is InChI=1S/C50H95N2O7P/c1-3-5-7-9-11-13-15-17-19-21-22-23-24-26-27-29-31-33-35-37-39-41-47(53)45-50(55)52-48(46-59-60(56,57)58-44-43-51)49(54)42-40-38-36-34-32-30-28-25-20-18-16-14-12-10-8-6-4-2/h20,25-27,32,34,40,42,47-49,53-54H,3-19,21-24,28-31,33,35-39,41,43-46,51H2,1-2H3,(H,52,55)(H,56,57)/b25-20+,27-26-,34-32+,42-40+. The lowest BCUT2D eigenvalue weighted by Crippen LogP contribution is -2.46. The van der Waals surface area contributed by atoms with Crippen LogP contribution < -0.4 is 11.1 Å². The highest BCUT2D eigenvalue weighted by Crippen LogP contribution is 2.43. The average molecular weight is 867 g/mol. The summed E-state index contributed by atoms with van der Waals surface area (Å²) < 4.78 is 22.1. The zero-order valence-electron chi connectivity index (χ0n) is 38.8. The highest BCUT2D eigenvalue weighted by atomic mass is 31.2. The molecule has 0 bridgehead atoms. The second-order valence-electron chi connectivity index (χ2n) is 16.8. The highest BCUT2D eigenvalue weighted by Gasteiger charge is 2.27. The van der Waals surface area contributed by atoms with E-state index in [-0.39, 0.29) is 19.6 Å². The molecule has 0 saturated heterocycles. The minimum atomic E-state index is -4.42. The summed E-state index contributed by atoms with van der Waals surface area (Å²) in [5.41, 5.74) is 5.37. The van der Waals surface area contributed by atoms with Crippen molar-refractivity contribution in [3.05, 3.63) is 48.6 Å². The van der Waals surface area contributed by atoms with Crippen molar-refractivity contribution in [2.75, 3.05) is 19.8 Å². The lowest BCUT2D eigenvalue weighted by atomic mass is 10.0. The Balaban J connectivity index is 4.28. The third-order valence-electron chi connectivity index (χ3n) is 10.9. The molecule has 0 aromatic rings. The van der Waals surface area contributed by atoms with Crippen molar-refractivity contribution in [1.29, 1.82) is 0 Å². The summed E-state index contributed by atoms with van der Waals surface area (Å²) in [6.07, 6.45) is 53.5. The first-order valence-electron chi connectivity index (χ1n) is 24.8. The van der Waals surface area contributed by atoms with E-state index in [0.29, 0.717) is 12.8 Å². The fourth-order valence-corrected chi connectivity index (χ4v) is 7.90. The van der Waals surface area contributed by atoms with Crippen LogP contribution in [0.3, 0.4) is 0 Å². The molecule has 0 fully saturated rings. The van der Waals surface area contributed by atoms with E-state index in [0.717, 1.165) is 57.8 Å². The van der Waals surface area contributed by atoms with Gasteiger partial charge >= 0.3 is 7.82 Å². The number of carbonyl (C=O) groups excluding carboxylic acids is 1. The molecule has 9 nitrogen and oxygen atoms in total. The van der Waals surface area contributed by atoms with Gasteiger partial charge in [0.1, 0.15) is 0 Å². The Morgan fingerprint density at radius 3 is 1.38 bits per heavy atom. The predicted molar refractivity (Wildman–Crippen MR) is 255 cm³/mol. The number of carbonyl (C=O) groups is 1. The van der Waals surface area contributed by atoms with Crippen molar-refractivity contribution in [1.82, 2.24) is 5.32 Å². The molecule has 4 unspecified atom stereocenters. The van der Waals surface area contributed by atoms with Gasteiger partial charge < -0.3 is 26.2 Å². The van der Waals surface area contributed by atoms with Crippen LogP contribution in [0.2, 0.25) is 0 Å². The Morgan fingerprint density at radius 2 is 0.950 bits per heavy atom. The van der Waals surface area contributed by atoms with Gasteiger partial charge in [-0.1, -0.05) is 197 Å². The first-order chi connectivity index (χ1) is 29.3. The topological polar surface area (TPSA) is 151 Å². The largest absolute Gasteiger partial charge is 0.472 e. The molecule has 4 atom stereocenters. The lowest BCUT2D eigenvalue weighted by molar-refractivity contribution is -0.124. The van der Waals surface area contributed by atoms with E-state index in [1.165, 1.54) is 135 Å². The lowest BCUT2D eigenvalue weighted by Gasteiger charge is -2.24. The molecule has 0 saturated carbocycles. The minimum Gasteiger partial charge on any atom is -0.393 e. The van der Waals surface area contributed by atoms with Crippen molar-refractivity contribution in [3.8, 4) is 0 Å². The van der Waals surface area contributed by atoms with Crippen LogP contribution in [-0.4, -0.2) is 59.0 Å². The Hall–Kier alpha value is -1.58. The fourth-order valence-electron chi connectivity index (χ4n) is 7.14. The van der Waals surface area contributed by atoms with Crippen molar-refractivity contribution >= 4 is 13.7 Å². The predicted octanol–water partition coefficient (Wildman–Crippen LogP) is 13.4. The molecule has 10 heteroatoms. The molecular weight excluding hydrogens is 772 g/mol. The Kier molecular flexibility index (Phi) is 44.2. The van der Waals surface area contributed by atoms with Crippen molar-refractivity contribution < 1.29 is 33.5 Å². The second kappa shape index (κ2) is 45.4. The Morgan fingerprint density at radius 1 is 0.567 bits per heavy atom. The molecule has 0 radical (unpaired) electrons. The summed E-state index contributed by atoms with van der Waals surface area (Å²) >= 11 is 0. The SMILES string of the molecule is CCCCCCCCC/C=C/CC/C=C/CC/C=C/C(O)C(COP(=O)(O)OCCN)NC(=O)CC(O)CCCCCCC/C=C\CCCCCCCCCCCCCC. The molecule has 0 heterocycles. The molecule has 0 aliphatic rings. The quantitative estimate of drug-likeness (QED) is 0.0230. The third-order valence-corrected chi connectivity index (χ3v) is 11.9. The van der Waals surface area contributed by atoms with Gasteiger partial charge in [-0.05, 0) is 70.6 Å². The normalized spacial score (nSPS) is 14.8. The number of rotatable bonds is 46. The van der Waals surface area contributed by atoms with Gasteiger partial charge in [-0.25, -0.2) is 4.57 Å². The number of nitrogens with two attached hydrogens (primary N) is 1. The molecule has 1 amide bonds. The third kappa shape index (κ3) is 43.1. The van der Waals surface area contributed by atoms with Crippen LogP contribution in [0.5, 0.6) is 0 Å². The van der Waals surface area contributed by atoms with Crippen molar-refractivity contribution in [2.45, 2.75) is 244 Å². The van der Waals surface area contributed by atoms with Crippen LogP contribution in [0.25, 0.3) is 0 Å². The average Bonchev–Trinajstić information content (AvgIpc) is 3.23. The molecule has 0 aliphatic heterocycles. The van der Waals surface area contributed by atoms with E-state index in [2.05, 4.69) is 55.6 Å². The zero-order chi connectivity index (χ0) is 44.0. The van der Waals surface area contributed by atoms with Crippen LogP contribution in [-0.2, 0) is 18.4 Å². The number of amides is 1. The van der Waals surface area contributed by atoms with Gasteiger partial charge in [-0.15, -0.1) is 0 Å². The van der Waals surface area contributed by atoms with E-state index in [4.69, 9.17) is 14.8 Å². The Bertz CT molecular complexity index is 1100. The number of hydrogen-bond donors (Lipinski definition) is 5. The van der Waals surface area contributed by atoms with E-state index < -0.39 is 38.6 Å². The van der Waals surface area contributed by atoms with Crippen molar-refractivity contribution in [3.63, 3.8) is 0 Å². The van der Waals surface area contributed by atoms with E-state index in [9.17, 15) is 24.5 Å². The molecule has 0 spiro atoms. The molecule has 60 heavy (non-hydrogen) atoms. The van der Waals surface area contributed by atoms with Gasteiger partial charge in [0.2, 0.25) is 5.91 Å². The summed E-state index contributed by atoms with van der Waals surface area (Å²) in [5.74, 6) is -0.464. The molecule has 6 N–H and O–H groups in total. The summed E-state index contributed by atoms with van der Waals surface area (Å²) in [7, 11) is -4.42. The fraction of sp³-hybridized carbons (Fsp3) is 0.820. The first kappa shape index (κ1) is 58.4. The maximum Gasteiger partial charge on any atom is 0.472 e. The Labute approximate surface area is 369 Å².